The van der Waals surface area contributed by atoms with E-state index in [2.05, 4.69) is 25.9 Å². The van der Waals surface area contributed by atoms with Crippen molar-refractivity contribution in [3.05, 3.63) is 102 Å². The minimum Gasteiger partial charge on any atom is -0.390 e. The lowest BCUT2D eigenvalue weighted by Gasteiger charge is -2.13. The Morgan fingerprint density at radius 1 is 1.07 bits per heavy atom. The van der Waals surface area contributed by atoms with E-state index < -0.39 is 15.9 Å². The molecule has 0 spiro atoms. The lowest BCUT2D eigenvalue weighted by molar-refractivity contribution is -0.104. The van der Waals surface area contributed by atoms with Gasteiger partial charge in [0.05, 0.1) is 22.9 Å². The number of nitrogens with zero attached hydrogens (tertiary/aromatic N) is 3. The fourth-order valence-electron chi connectivity index (χ4n) is 4.82. The Hall–Kier alpha value is -4.65. The van der Waals surface area contributed by atoms with Gasteiger partial charge in [0.1, 0.15) is 27.8 Å². The van der Waals surface area contributed by atoms with Gasteiger partial charge in [-0.3, -0.25) is 5.41 Å². The molecule has 0 radical (unpaired) electrons. The third-order valence-electron chi connectivity index (χ3n) is 7.04. The summed E-state index contributed by atoms with van der Waals surface area (Å²) in [7, 11) is -3.04. The van der Waals surface area contributed by atoms with Gasteiger partial charge in [0.15, 0.2) is 6.21 Å². The van der Waals surface area contributed by atoms with Crippen LogP contribution in [0.1, 0.15) is 11.1 Å². The molecule has 0 aliphatic carbocycles. The standard InChI is InChI=1S/C32H34FN7O3S/c1-44(42,43)12-10-35-18-28(41)20-40-11-9-24(19-40)23-5-7-31-29(15-23)32(38-21-37-31)39-27-6-8-30(25(14-27)16-34)36-17-22-3-2-4-26(33)13-22/h2-9,11,13-16,19,21,28,34-36,41H,10,12,17-18,20H2,1H3,(H,37,38,39)/p+1. The predicted molar refractivity (Wildman–Crippen MR) is 172 cm³/mol. The molecule has 44 heavy (non-hydrogen) atoms. The molecule has 228 valence electrons. The molecule has 0 aliphatic rings. The van der Waals surface area contributed by atoms with Gasteiger partial charge in [-0.05, 0) is 65.2 Å². The van der Waals surface area contributed by atoms with Crippen molar-refractivity contribution in [2.24, 2.45) is 0 Å². The number of aromatic nitrogens is 3. The van der Waals surface area contributed by atoms with E-state index >= 15 is 0 Å². The first-order chi connectivity index (χ1) is 21.2. The number of hydrogen-bond donors (Lipinski definition) is 5. The fourth-order valence-corrected chi connectivity index (χ4v) is 5.33. The molecule has 0 fully saturated rings. The van der Waals surface area contributed by atoms with Crippen LogP contribution in [0.15, 0.2) is 85.5 Å². The van der Waals surface area contributed by atoms with Crippen molar-refractivity contribution in [2.45, 2.75) is 19.2 Å². The summed E-state index contributed by atoms with van der Waals surface area (Å²) in [5, 5.41) is 26.8. The van der Waals surface area contributed by atoms with Crippen LogP contribution >= 0.6 is 0 Å². The monoisotopic (exact) mass is 616 g/mol. The topological polar surface area (TPSA) is 147 Å². The Bertz CT molecular complexity index is 1880. The van der Waals surface area contributed by atoms with E-state index in [1.54, 1.807) is 6.07 Å². The quantitative estimate of drug-likeness (QED) is 0.0946. The Kier molecular flexibility index (Phi) is 9.63. The fraction of sp³-hybridized carbons (Fsp3) is 0.219. The number of hydrogen-bond acceptors (Lipinski definition) is 8. The molecule has 1 atom stereocenters. The number of fused-ring (bicyclic) bond motifs is 1. The maximum absolute atomic E-state index is 13.6. The molecule has 0 bridgehead atoms. The molecule has 2 heterocycles. The van der Waals surface area contributed by atoms with Crippen molar-refractivity contribution < 1.29 is 23.3 Å². The number of aliphatic hydroxyl groups excluding tert-OH is 1. The highest BCUT2D eigenvalue weighted by molar-refractivity contribution is 7.90. The van der Waals surface area contributed by atoms with Gasteiger partial charge in [-0.2, -0.15) is 0 Å². The summed E-state index contributed by atoms with van der Waals surface area (Å²) < 4.78 is 38.0. The SMILES string of the molecule is CS(=O)(=O)CCNCC(O)Cn1ccc(-c2ccc3ncnc(Nc4ccc(NCc5cccc(F)c5)c(C=[NH2+])c4)c3c2)c1. The molecule has 6 N–H and O–H groups in total. The predicted octanol–water partition coefficient (Wildman–Crippen LogP) is 2.77. The van der Waals surface area contributed by atoms with Crippen molar-refractivity contribution in [3.63, 3.8) is 0 Å². The second-order valence-corrected chi connectivity index (χ2v) is 12.9. The lowest BCUT2D eigenvalue weighted by Crippen LogP contribution is -2.32. The zero-order valence-electron chi connectivity index (χ0n) is 24.2. The summed E-state index contributed by atoms with van der Waals surface area (Å²) in [5.74, 6) is 0.387. The van der Waals surface area contributed by atoms with Gasteiger partial charge in [-0.15, -0.1) is 0 Å². The molecule has 0 saturated carbocycles. The van der Waals surface area contributed by atoms with E-state index in [9.17, 15) is 17.9 Å². The number of nitrogens with one attached hydrogen (secondary N) is 3. The Balaban J connectivity index is 1.28. The highest BCUT2D eigenvalue weighted by atomic mass is 32.2. The second kappa shape index (κ2) is 13.8. The Morgan fingerprint density at radius 2 is 1.93 bits per heavy atom. The van der Waals surface area contributed by atoms with Crippen molar-refractivity contribution in [1.82, 2.24) is 19.9 Å². The van der Waals surface area contributed by atoms with Gasteiger partial charge < -0.3 is 25.6 Å². The van der Waals surface area contributed by atoms with Crippen LogP contribution in [0.2, 0.25) is 0 Å². The summed E-state index contributed by atoms with van der Waals surface area (Å²) in [6, 6.07) is 20.1. The van der Waals surface area contributed by atoms with Crippen LogP contribution in [-0.2, 0) is 22.9 Å². The van der Waals surface area contributed by atoms with Crippen LogP contribution in [-0.4, -0.2) is 65.5 Å². The zero-order chi connectivity index (χ0) is 31.1. The highest BCUT2D eigenvalue weighted by Crippen LogP contribution is 2.30. The van der Waals surface area contributed by atoms with Crippen molar-refractivity contribution in [2.75, 3.05) is 35.7 Å². The number of aliphatic hydroxyl groups is 1. The van der Waals surface area contributed by atoms with E-state index in [0.29, 0.717) is 32.0 Å². The molecule has 5 rings (SSSR count). The molecule has 10 nitrogen and oxygen atoms in total. The van der Waals surface area contributed by atoms with Crippen molar-refractivity contribution in [1.29, 1.82) is 0 Å². The van der Waals surface area contributed by atoms with Gasteiger partial charge >= 0.3 is 0 Å². The molecule has 2 aromatic heterocycles. The van der Waals surface area contributed by atoms with E-state index in [1.807, 2.05) is 65.5 Å². The van der Waals surface area contributed by atoms with Crippen LogP contribution in [0.25, 0.3) is 22.0 Å². The molecular formula is C32H35FN7O3S+. The molecule has 0 amide bonds. The van der Waals surface area contributed by atoms with Gasteiger partial charge in [0.2, 0.25) is 0 Å². The molecule has 3 aromatic carbocycles. The number of rotatable bonds is 14. The van der Waals surface area contributed by atoms with E-state index in [-0.39, 0.29) is 11.6 Å². The first kappa shape index (κ1) is 30.8. The van der Waals surface area contributed by atoms with Crippen molar-refractivity contribution in [3.8, 4) is 11.1 Å². The maximum Gasteiger partial charge on any atom is 0.169 e. The van der Waals surface area contributed by atoms with Crippen molar-refractivity contribution >= 4 is 44.1 Å². The molecule has 0 aliphatic heterocycles. The van der Waals surface area contributed by atoms with Gasteiger partial charge in [0, 0.05) is 61.6 Å². The van der Waals surface area contributed by atoms with E-state index in [0.717, 1.165) is 44.5 Å². The van der Waals surface area contributed by atoms with Crippen LogP contribution < -0.4 is 21.4 Å². The normalized spacial score (nSPS) is 12.2. The average molecular weight is 617 g/mol. The Labute approximate surface area is 255 Å². The van der Waals surface area contributed by atoms with Gasteiger partial charge in [-0.1, -0.05) is 18.2 Å². The number of anilines is 3. The molecule has 0 saturated heterocycles. The van der Waals surface area contributed by atoms with Gasteiger partial charge in [0.25, 0.3) is 0 Å². The molecule has 5 aromatic rings. The summed E-state index contributed by atoms with van der Waals surface area (Å²) in [6.45, 7) is 1.40. The molecule has 1 unspecified atom stereocenters. The van der Waals surface area contributed by atoms with Crippen LogP contribution in [0.4, 0.5) is 21.6 Å². The first-order valence-electron chi connectivity index (χ1n) is 14.1. The summed E-state index contributed by atoms with van der Waals surface area (Å²) in [5.41, 5.74) is 5.91. The molecular weight excluding hydrogens is 581 g/mol. The minimum absolute atomic E-state index is 0.0308. The zero-order valence-corrected chi connectivity index (χ0v) is 25.1. The smallest absolute Gasteiger partial charge is 0.169 e. The number of nitrogens with two attached hydrogens (primary N) is 1. The summed E-state index contributed by atoms with van der Waals surface area (Å²) in [6.07, 6.45) is 7.40. The van der Waals surface area contributed by atoms with E-state index in [4.69, 9.17) is 5.41 Å². The number of sulfone groups is 1. The van der Waals surface area contributed by atoms with E-state index in [1.165, 1.54) is 30.9 Å². The largest absolute Gasteiger partial charge is 0.390 e. The third kappa shape index (κ3) is 8.25. The Morgan fingerprint density at radius 3 is 2.73 bits per heavy atom. The third-order valence-corrected chi connectivity index (χ3v) is 7.98. The number of benzene rings is 3. The lowest BCUT2D eigenvalue weighted by atomic mass is 10.1. The molecule has 12 heteroatoms. The summed E-state index contributed by atoms with van der Waals surface area (Å²) >= 11 is 0. The average Bonchev–Trinajstić information content (AvgIpc) is 3.46. The highest BCUT2D eigenvalue weighted by Gasteiger charge is 2.12. The van der Waals surface area contributed by atoms with Gasteiger partial charge in [-0.25, -0.2) is 22.8 Å². The minimum atomic E-state index is -3.04. The maximum atomic E-state index is 13.6. The van der Waals surface area contributed by atoms with Crippen LogP contribution in [0.5, 0.6) is 0 Å². The van der Waals surface area contributed by atoms with Crippen LogP contribution in [0.3, 0.4) is 0 Å². The second-order valence-electron chi connectivity index (χ2n) is 10.6. The first-order valence-corrected chi connectivity index (χ1v) is 16.1. The van der Waals surface area contributed by atoms with Crippen LogP contribution in [0, 0.1) is 5.82 Å². The number of halogens is 1. The summed E-state index contributed by atoms with van der Waals surface area (Å²) in [4.78, 5) is 8.92.